The molecule has 0 saturated heterocycles. The van der Waals surface area contributed by atoms with Crippen LogP contribution in [0.1, 0.15) is 38.3 Å². The number of fused-ring (bicyclic) bond motifs is 1. The Balaban J connectivity index is 0.00000156. The fourth-order valence-corrected chi connectivity index (χ4v) is 2.93. The summed E-state index contributed by atoms with van der Waals surface area (Å²) in [4.78, 5) is 16.7. The molecule has 0 bridgehead atoms. The number of pyridine rings is 1. The molecule has 3 rings (SSSR count). The van der Waals surface area contributed by atoms with Crippen LogP contribution >= 0.6 is 24.8 Å². The van der Waals surface area contributed by atoms with Gasteiger partial charge in [0.2, 0.25) is 0 Å². The van der Waals surface area contributed by atoms with Crippen LogP contribution in [0.3, 0.4) is 0 Å². The summed E-state index contributed by atoms with van der Waals surface area (Å²) in [6.45, 7) is 5.82. The molecular formula is C18H22Cl2FN3O. The number of carbonyl (C=O) groups excluding carboxylic acids is 1. The highest BCUT2D eigenvalue weighted by Gasteiger charge is 2.16. The molecule has 2 heterocycles. The van der Waals surface area contributed by atoms with Gasteiger partial charge in [0, 0.05) is 30.5 Å². The van der Waals surface area contributed by atoms with E-state index in [1.165, 1.54) is 23.3 Å². The molecule has 2 N–H and O–H groups in total. The fourth-order valence-electron chi connectivity index (χ4n) is 2.93. The summed E-state index contributed by atoms with van der Waals surface area (Å²) in [6.07, 6.45) is 2.85. The molecule has 1 amide bonds. The summed E-state index contributed by atoms with van der Waals surface area (Å²) in [6, 6.07) is 4.40. The standard InChI is InChI=1S/C18H20FN3O.2ClH/c1-11-7-13(3-4-17(11)19)18(23)22-10-16-12(2)21-9-14-8-20-6-5-15(14)16;;/h3-4,7,9,20H,5-6,8,10H2,1-2H3,(H,22,23);2*1H. The van der Waals surface area contributed by atoms with Crippen LogP contribution in [0.4, 0.5) is 4.39 Å². The van der Waals surface area contributed by atoms with Crippen molar-refractivity contribution in [3.8, 4) is 0 Å². The van der Waals surface area contributed by atoms with Crippen molar-refractivity contribution in [3.05, 3.63) is 63.7 Å². The third-order valence-corrected chi connectivity index (χ3v) is 4.32. The maximum absolute atomic E-state index is 13.3. The highest BCUT2D eigenvalue weighted by atomic mass is 35.5. The van der Waals surface area contributed by atoms with Crippen LogP contribution in [0.15, 0.2) is 24.4 Å². The van der Waals surface area contributed by atoms with E-state index in [4.69, 9.17) is 0 Å². The van der Waals surface area contributed by atoms with Gasteiger partial charge >= 0.3 is 0 Å². The zero-order valence-electron chi connectivity index (χ0n) is 14.2. The Kier molecular flexibility index (Phi) is 7.80. The van der Waals surface area contributed by atoms with Gasteiger partial charge in [-0.15, -0.1) is 24.8 Å². The summed E-state index contributed by atoms with van der Waals surface area (Å²) in [5.41, 5.74) is 5.47. The van der Waals surface area contributed by atoms with E-state index in [1.807, 2.05) is 13.1 Å². The third-order valence-electron chi connectivity index (χ3n) is 4.32. The molecule has 136 valence electrons. The zero-order chi connectivity index (χ0) is 16.4. The van der Waals surface area contributed by atoms with Crippen molar-refractivity contribution in [2.75, 3.05) is 6.54 Å². The van der Waals surface area contributed by atoms with Gasteiger partial charge in [0.05, 0.1) is 0 Å². The maximum Gasteiger partial charge on any atom is 0.251 e. The average molecular weight is 386 g/mol. The van der Waals surface area contributed by atoms with Gasteiger partial charge in [-0.3, -0.25) is 9.78 Å². The van der Waals surface area contributed by atoms with E-state index >= 15 is 0 Å². The van der Waals surface area contributed by atoms with E-state index in [0.717, 1.165) is 30.8 Å². The molecule has 0 spiro atoms. The molecule has 25 heavy (non-hydrogen) atoms. The Labute approximate surface area is 159 Å². The first kappa shape index (κ1) is 21.4. The van der Waals surface area contributed by atoms with Gasteiger partial charge in [0.15, 0.2) is 0 Å². The van der Waals surface area contributed by atoms with Gasteiger partial charge in [0.1, 0.15) is 5.82 Å². The molecule has 0 aliphatic carbocycles. The second-order valence-corrected chi connectivity index (χ2v) is 5.90. The number of amides is 1. The monoisotopic (exact) mass is 385 g/mol. The van der Waals surface area contributed by atoms with Crippen LogP contribution in [0.5, 0.6) is 0 Å². The minimum Gasteiger partial charge on any atom is -0.348 e. The van der Waals surface area contributed by atoms with Crippen molar-refractivity contribution in [1.82, 2.24) is 15.6 Å². The number of aryl methyl sites for hydroxylation is 2. The zero-order valence-corrected chi connectivity index (χ0v) is 15.8. The van der Waals surface area contributed by atoms with Gasteiger partial charge in [0.25, 0.3) is 5.91 Å². The predicted molar refractivity (Wildman–Crippen MR) is 101 cm³/mol. The van der Waals surface area contributed by atoms with Crippen LogP contribution in [-0.4, -0.2) is 17.4 Å². The first-order valence-corrected chi connectivity index (χ1v) is 7.77. The SMILES string of the molecule is Cc1cc(C(=O)NCc2c(C)ncc3c2CCNC3)ccc1F.Cl.Cl. The molecule has 1 aromatic heterocycles. The first-order chi connectivity index (χ1) is 11.1. The molecule has 1 aliphatic heterocycles. The summed E-state index contributed by atoms with van der Waals surface area (Å²) in [7, 11) is 0. The Morgan fingerprint density at radius 2 is 2.08 bits per heavy atom. The minimum absolute atomic E-state index is 0. The Morgan fingerprint density at radius 3 is 2.80 bits per heavy atom. The van der Waals surface area contributed by atoms with E-state index in [0.29, 0.717) is 17.7 Å². The van der Waals surface area contributed by atoms with Crippen molar-refractivity contribution in [2.24, 2.45) is 0 Å². The lowest BCUT2D eigenvalue weighted by Gasteiger charge is -2.21. The Hall–Kier alpha value is -1.69. The lowest BCUT2D eigenvalue weighted by molar-refractivity contribution is 0.0950. The van der Waals surface area contributed by atoms with E-state index in [1.54, 1.807) is 13.0 Å². The minimum atomic E-state index is -0.300. The molecule has 0 saturated carbocycles. The van der Waals surface area contributed by atoms with E-state index in [2.05, 4.69) is 15.6 Å². The molecule has 4 nitrogen and oxygen atoms in total. The average Bonchev–Trinajstić information content (AvgIpc) is 2.56. The summed E-state index contributed by atoms with van der Waals surface area (Å²) >= 11 is 0. The number of rotatable bonds is 3. The van der Waals surface area contributed by atoms with E-state index in [-0.39, 0.29) is 36.5 Å². The van der Waals surface area contributed by atoms with Crippen LogP contribution in [0.2, 0.25) is 0 Å². The lowest BCUT2D eigenvalue weighted by Crippen LogP contribution is -2.28. The normalized spacial score (nSPS) is 12.4. The van der Waals surface area contributed by atoms with Gasteiger partial charge in [-0.25, -0.2) is 4.39 Å². The highest BCUT2D eigenvalue weighted by molar-refractivity contribution is 5.94. The van der Waals surface area contributed by atoms with Crippen molar-refractivity contribution in [2.45, 2.75) is 33.4 Å². The topological polar surface area (TPSA) is 54.0 Å². The number of hydrogen-bond donors (Lipinski definition) is 2. The summed E-state index contributed by atoms with van der Waals surface area (Å²) in [5, 5.41) is 6.26. The molecule has 7 heteroatoms. The van der Waals surface area contributed by atoms with Crippen molar-refractivity contribution >= 4 is 30.7 Å². The number of aromatic nitrogens is 1. The molecule has 0 fully saturated rings. The summed E-state index contributed by atoms with van der Waals surface area (Å²) < 4.78 is 13.3. The van der Waals surface area contributed by atoms with Gasteiger partial charge in [-0.1, -0.05) is 0 Å². The number of hydrogen-bond acceptors (Lipinski definition) is 3. The lowest BCUT2D eigenvalue weighted by atomic mass is 9.96. The van der Waals surface area contributed by atoms with Crippen LogP contribution in [-0.2, 0) is 19.5 Å². The molecule has 1 aromatic carbocycles. The molecule has 0 radical (unpaired) electrons. The fraction of sp³-hybridized carbons (Fsp3) is 0.333. The number of halogens is 3. The predicted octanol–water partition coefficient (Wildman–Crippen LogP) is 3.26. The number of nitrogens with one attached hydrogen (secondary N) is 2. The smallest absolute Gasteiger partial charge is 0.251 e. The van der Waals surface area contributed by atoms with Crippen LogP contribution in [0.25, 0.3) is 0 Å². The molecule has 1 aliphatic rings. The Morgan fingerprint density at radius 1 is 1.32 bits per heavy atom. The van der Waals surface area contributed by atoms with E-state index < -0.39 is 0 Å². The number of carbonyl (C=O) groups is 1. The maximum atomic E-state index is 13.3. The second kappa shape index (κ2) is 9.13. The van der Waals surface area contributed by atoms with Gasteiger partial charge < -0.3 is 10.6 Å². The van der Waals surface area contributed by atoms with Crippen molar-refractivity contribution in [1.29, 1.82) is 0 Å². The first-order valence-electron chi connectivity index (χ1n) is 7.77. The third kappa shape index (κ3) is 4.69. The van der Waals surface area contributed by atoms with Gasteiger partial charge in [-0.05, 0) is 67.3 Å². The molecular weight excluding hydrogens is 364 g/mol. The van der Waals surface area contributed by atoms with Crippen LogP contribution in [0, 0.1) is 19.7 Å². The molecule has 0 unspecified atom stereocenters. The van der Waals surface area contributed by atoms with Gasteiger partial charge in [-0.2, -0.15) is 0 Å². The van der Waals surface area contributed by atoms with Crippen molar-refractivity contribution in [3.63, 3.8) is 0 Å². The largest absolute Gasteiger partial charge is 0.348 e. The summed E-state index contributed by atoms with van der Waals surface area (Å²) in [5.74, 6) is -0.495. The molecule has 0 atom stereocenters. The second-order valence-electron chi connectivity index (χ2n) is 5.90. The highest BCUT2D eigenvalue weighted by Crippen LogP contribution is 2.20. The molecule has 2 aromatic rings. The van der Waals surface area contributed by atoms with Crippen LogP contribution < -0.4 is 10.6 Å². The number of benzene rings is 1. The Bertz CT molecular complexity index is 768. The quantitative estimate of drug-likeness (QED) is 0.852. The van der Waals surface area contributed by atoms with Crippen molar-refractivity contribution < 1.29 is 9.18 Å². The number of nitrogens with zero attached hydrogens (tertiary/aromatic N) is 1. The van der Waals surface area contributed by atoms with E-state index in [9.17, 15) is 9.18 Å².